The number of carbonyl (C=O) groups excluding carboxylic acids is 2. The maximum absolute atomic E-state index is 11.9. The molecule has 2 N–H and O–H groups in total. The Morgan fingerprint density at radius 1 is 1.42 bits per heavy atom. The normalized spacial score (nSPS) is 10.1. The van der Waals surface area contributed by atoms with Crippen LogP contribution < -0.4 is 10.6 Å². The fraction of sp³-hybridized carbons (Fsp3) is 0.583. The molecule has 0 radical (unpaired) electrons. The molecule has 0 atom stereocenters. The molecule has 1 amide bonds. The summed E-state index contributed by atoms with van der Waals surface area (Å²) < 4.78 is 9.05. The number of esters is 1. The summed E-state index contributed by atoms with van der Waals surface area (Å²) in [6, 6.07) is 0. The molecule has 1 rings (SSSR count). The molecule has 1 heterocycles. The van der Waals surface area contributed by atoms with Crippen molar-refractivity contribution in [3.8, 4) is 0 Å². The van der Waals surface area contributed by atoms with Crippen molar-refractivity contribution in [1.29, 1.82) is 0 Å². The van der Waals surface area contributed by atoms with Gasteiger partial charge in [-0.2, -0.15) is 4.37 Å². The Labute approximate surface area is 116 Å². The zero-order chi connectivity index (χ0) is 14.3. The number of nitrogens with zero attached hydrogens (tertiary/aromatic N) is 1. The monoisotopic (exact) mass is 285 g/mol. The summed E-state index contributed by atoms with van der Waals surface area (Å²) in [4.78, 5) is 23.3. The van der Waals surface area contributed by atoms with Crippen LogP contribution in [0.5, 0.6) is 0 Å². The molecular weight excluding hydrogens is 266 g/mol. The highest BCUT2D eigenvalue weighted by atomic mass is 32.1. The number of ether oxygens (including phenoxy) is 1. The van der Waals surface area contributed by atoms with Crippen molar-refractivity contribution >= 4 is 28.4 Å². The lowest BCUT2D eigenvalue weighted by Crippen LogP contribution is -2.29. The standard InChI is InChI=1S/C12H19N3O3S/c1-4-5-6-14-9(16)7-18-12(17)10-8(2)15-19-11(10)13-3/h13H,4-7H2,1-3H3,(H,14,16). The Morgan fingerprint density at radius 3 is 2.79 bits per heavy atom. The van der Waals surface area contributed by atoms with Crippen molar-refractivity contribution in [2.24, 2.45) is 0 Å². The summed E-state index contributed by atoms with van der Waals surface area (Å²) >= 11 is 1.19. The number of rotatable bonds is 7. The second kappa shape index (κ2) is 7.73. The van der Waals surface area contributed by atoms with Crippen LogP contribution in [0.4, 0.5) is 5.00 Å². The molecule has 7 heteroatoms. The predicted molar refractivity (Wildman–Crippen MR) is 74.6 cm³/mol. The third-order valence-corrected chi connectivity index (χ3v) is 3.44. The van der Waals surface area contributed by atoms with Crippen LogP contribution in [-0.4, -0.2) is 36.4 Å². The van der Waals surface area contributed by atoms with Gasteiger partial charge in [-0.15, -0.1) is 0 Å². The van der Waals surface area contributed by atoms with Crippen molar-refractivity contribution in [3.05, 3.63) is 11.3 Å². The van der Waals surface area contributed by atoms with E-state index in [9.17, 15) is 9.59 Å². The van der Waals surface area contributed by atoms with E-state index >= 15 is 0 Å². The van der Waals surface area contributed by atoms with Gasteiger partial charge in [0.05, 0.1) is 5.69 Å². The number of carbonyl (C=O) groups is 2. The van der Waals surface area contributed by atoms with Crippen LogP contribution in [0.3, 0.4) is 0 Å². The molecule has 0 bridgehead atoms. The lowest BCUT2D eigenvalue weighted by Gasteiger charge is -2.06. The number of unbranched alkanes of at least 4 members (excludes halogenated alkanes) is 1. The van der Waals surface area contributed by atoms with E-state index in [-0.39, 0.29) is 12.5 Å². The van der Waals surface area contributed by atoms with E-state index in [2.05, 4.69) is 15.0 Å². The Hall–Kier alpha value is -1.63. The van der Waals surface area contributed by atoms with Crippen LogP contribution >= 0.6 is 11.5 Å². The topological polar surface area (TPSA) is 80.3 Å². The van der Waals surface area contributed by atoms with Gasteiger partial charge in [0.15, 0.2) is 6.61 Å². The van der Waals surface area contributed by atoms with E-state index in [0.29, 0.717) is 22.8 Å². The van der Waals surface area contributed by atoms with E-state index in [1.807, 2.05) is 6.92 Å². The second-order valence-corrected chi connectivity index (χ2v) is 4.78. The van der Waals surface area contributed by atoms with Gasteiger partial charge < -0.3 is 15.4 Å². The van der Waals surface area contributed by atoms with Crippen molar-refractivity contribution in [1.82, 2.24) is 9.69 Å². The quantitative estimate of drug-likeness (QED) is 0.587. The van der Waals surface area contributed by atoms with E-state index in [1.54, 1.807) is 14.0 Å². The average molecular weight is 285 g/mol. The molecule has 1 aromatic heterocycles. The summed E-state index contributed by atoms with van der Waals surface area (Å²) in [5, 5.41) is 6.21. The minimum absolute atomic E-state index is 0.263. The van der Waals surface area contributed by atoms with Gasteiger partial charge in [0.1, 0.15) is 10.6 Å². The number of aromatic nitrogens is 1. The molecule has 19 heavy (non-hydrogen) atoms. The number of anilines is 1. The largest absolute Gasteiger partial charge is 0.452 e. The van der Waals surface area contributed by atoms with Crippen LogP contribution in [0, 0.1) is 6.92 Å². The van der Waals surface area contributed by atoms with Crippen LogP contribution in [-0.2, 0) is 9.53 Å². The minimum Gasteiger partial charge on any atom is -0.452 e. The summed E-state index contributed by atoms with van der Waals surface area (Å²) in [5.74, 6) is -0.810. The summed E-state index contributed by atoms with van der Waals surface area (Å²) in [5.41, 5.74) is 1.000. The van der Waals surface area contributed by atoms with Gasteiger partial charge in [-0.25, -0.2) is 4.79 Å². The summed E-state index contributed by atoms with van der Waals surface area (Å²) in [6.45, 7) is 4.11. The van der Waals surface area contributed by atoms with Crippen molar-refractivity contribution in [3.63, 3.8) is 0 Å². The first kappa shape index (κ1) is 15.4. The highest BCUT2D eigenvalue weighted by Crippen LogP contribution is 2.24. The van der Waals surface area contributed by atoms with Gasteiger partial charge in [-0.1, -0.05) is 13.3 Å². The zero-order valence-corrected chi connectivity index (χ0v) is 12.2. The lowest BCUT2D eigenvalue weighted by atomic mass is 10.2. The van der Waals surface area contributed by atoms with E-state index in [1.165, 1.54) is 11.5 Å². The highest BCUT2D eigenvalue weighted by molar-refractivity contribution is 7.10. The second-order valence-electron chi connectivity index (χ2n) is 4.00. The van der Waals surface area contributed by atoms with Crippen LogP contribution in [0.25, 0.3) is 0 Å². The molecule has 0 spiro atoms. The summed E-state index contributed by atoms with van der Waals surface area (Å²) in [6.07, 6.45) is 1.92. The molecule has 0 aliphatic carbocycles. The number of aryl methyl sites for hydroxylation is 1. The third kappa shape index (κ3) is 4.51. The maximum Gasteiger partial charge on any atom is 0.343 e. The molecule has 0 aliphatic heterocycles. The fourth-order valence-corrected chi connectivity index (χ4v) is 2.17. The third-order valence-electron chi connectivity index (χ3n) is 2.48. The zero-order valence-electron chi connectivity index (χ0n) is 11.4. The molecule has 106 valence electrons. The van der Waals surface area contributed by atoms with Gasteiger partial charge in [0.25, 0.3) is 5.91 Å². The molecule has 0 fully saturated rings. The van der Waals surface area contributed by atoms with Gasteiger partial charge >= 0.3 is 5.97 Å². The number of hydrogen-bond acceptors (Lipinski definition) is 6. The first-order chi connectivity index (χ1) is 9.10. The molecule has 0 aromatic carbocycles. The van der Waals surface area contributed by atoms with E-state index in [0.717, 1.165) is 12.8 Å². The smallest absolute Gasteiger partial charge is 0.343 e. The van der Waals surface area contributed by atoms with Gasteiger partial charge in [0, 0.05) is 13.6 Å². The van der Waals surface area contributed by atoms with Gasteiger partial charge in [-0.3, -0.25) is 4.79 Å². The van der Waals surface area contributed by atoms with E-state index in [4.69, 9.17) is 4.74 Å². The minimum atomic E-state index is -0.527. The van der Waals surface area contributed by atoms with Gasteiger partial charge in [-0.05, 0) is 24.9 Å². The Morgan fingerprint density at radius 2 is 2.16 bits per heavy atom. The van der Waals surface area contributed by atoms with Crippen molar-refractivity contribution < 1.29 is 14.3 Å². The SMILES string of the molecule is CCCCNC(=O)COC(=O)c1c(C)nsc1NC. The Balaban J connectivity index is 2.47. The molecule has 0 unspecified atom stereocenters. The molecule has 0 saturated carbocycles. The molecule has 0 aliphatic rings. The number of amides is 1. The first-order valence-corrected chi connectivity index (χ1v) is 6.95. The first-order valence-electron chi connectivity index (χ1n) is 6.18. The maximum atomic E-state index is 11.9. The Kier molecular flexibility index (Phi) is 6.27. The van der Waals surface area contributed by atoms with Crippen molar-refractivity contribution in [2.75, 3.05) is 25.5 Å². The highest BCUT2D eigenvalue weighted by Gasteiger charge is 2.19. The van der Waals surface area contributed by atoms with Crippen LogP contribution in [0.15, 0.2) is 0 Å². The molecule has 6 nitrogen and oxygen atoms in total. The van der Waals surface area contributed by atoms with Crippen LogP contribution in [0.2, 0.25) is 0 Å². The van der Waals surface area contributed by atoms with E-state index < -0.39 is 5.97 Å². The predicted octanol–water partition coefficient (Wildman–Crippen LogP) is 1.57. The number of hydrogen-bond donors (Lipinski definition) is 2. The molecular formula is C12H19N3O3S. The van der Waals surface area contributed by atoms with Crippen LogP contribution in [0.1, 0.15) is 35.8 Å². The summed E-state index contributed by atoms with van der Waals surface area (Å²) in [7, 11) is 1.71. The molecule has 0 saturated heterocycles. The average Bonchev–Trinajstić information content (AvgIpc) is 2.77. The van der Waals surface area contributed by atoms with Gasteiger partial charge in [0.2, 0.25) is 0 Å². The number of nitrogens with one attached hydrogen (secondary N) is 2. The Bertz CT molecular complexity index is 445. The van der Waals surface area contributed by atoms with Crippen molar-refractivity contribution in [2.45, 2.75) is 26.7 Å². The lowest BCUT2D eigenvalue weighted by molar-refractivity contribution is -0.124. The fourth-order valence-electron chi connectivity index (χ4n) is 1.44. The molecule has 1 aromatic rings.